The highest BCUT2D eigenvalue weighted by atomic mass is 16.5. The van der Waals surface area contributed by atoms with E-state index in [0.717, 1.165) is 11.7 Å². The van der Waals surface area contributed by atoms with Crippen LogP contribution in [-0.2, 0) is 0 Å². The minimum absolute atomic E-state index is 0.371. The Morgan fingerprint density at radius 2 is 1.95 bits per heavy atom. The standard InChI is InChI=1S/C20H25O/c1-20(2,3)17-9-6-10-18(14-17)21-19-12-11-15-7-4-5-8-16(15)13-19/h5,7-8,11-13,17-18H,6,9-10,14H2,1-3H3. The first-order valence-corrected chi connectivity index (χ1v) is 8.09. The van der Waals surface area contributed by atoms with Gasteiger partial charge in [-0.05, 0) is 72.1 Å². The minimum atomic E-state index is 0.371. The summed E-state index contributed by atoms with van der Waals surface area (Å²) in [6.07, 6.45) is 5.37. The van der Waals surface area contributed by atoms with Gasteiger partial charge in [0.15, 0.2) is 0 Å². The zero-order valence-electron chi connectivity index (χ0n) is 13.4. The molecule has 2 atom stereocenters. The Kier molecular flexibility index (Phi) is 3.93. The fourth-order valence-corrected chi connectivity index (χ4v) is 3.41. The van der Waals surface area contributed by atoms with Gasteiger partial charge < -0.3 is 4.74 Å². The van der Waals surface area contributed by atoms with Crippen molar-refractivity contribution in [3.63, 3.8) is 0 Å². The quantitative estimate of drug-likeness (QED) is 0.693. The van der Waals surface area contributed by atoms with Crippen LogP contribution in [0.4, 0.5) is 0 Å². The number of fused-ring (bicyclic) bond motifs is 1. The molecule has 3 rings (SSSR count). The van der Waals surface area contributed by atoms with Crippen LogP contribution in [-0.4, -0.2) is 6.10 Å². The molecule has 1 fully saturated rings. The predicted octanol–water partition coefficient (Wildman–Crippen LogP) is 5.62. The van der Waals surface area contributed by atoms with Crippen LogP contribution in [0.15, 0.2) is 36.4 Å². The topological polar surface area (TPSA) is 9.23 Å². The molecule has 1 saturated carbocycles. The largest absolute Gasteiger partial charge is 0.490 e. The summed E-state index contributed by atoms with van der Waals surface area (Å²) >= 11 is 0. The third-order valence-electron chi connectivity index (χ3n) is 4.81. The average Bonchev–Trinajstić information content (AvgIpc) is 2.46. The van der Waals surface area contributed by atoms with Crippen molar-refractivity contribution in [2.24, 2.45) is 11.3 Å². The molecule has 111 valence electrons. The summed E-state index contributed by atoms with van der Waals surface area (Å²) in [7, 11) is 0. The highest BCUT2D eigenvalue weighted by Gasteiger charge is 2.31. The summed E-state index contributed by atoms with van der Waals surface area (Å²) < 4.78 is 6.28. The Morgan fingerprint density at radius 1 is 1.10 bits per heavy atom. The van der Waals surface area contributed by atoms with Gasteiger partial charge >= 0.3 is 0 Å². The minimum Gasteiger partial charge on any atom is -0.490 e. The molecule has 0 aliphatic heterocycles. The van der Waals surface area contributed by atoms with E-state index in [1.807, 2.05) is 12.1 Å². The van der Waals surface area contributed by atoms with Crippen LogP contribution >= 0.6 is 0 Å². The molecule has 0 aromatic heterocycles. The molecule has 0 N–H and O–H groups in total. The molecule has 1 nitrogen and oxygen atoms in total. The molecule has 0 heterocycles. The molecule has 0 amide bonds. The van der Waals surface area contributed by atoms with Crippen LogP contribution in [0.5, 0.6) is 5.75 Å². The van der Waals surface area contributed by atoms with Crippen LogP contribution in [0.25, 0.3) is 10.8 Å². The van der Waals surface area contributed by atoms with E-state index in [1.165, 1.54) is 36.5 Å². The molecule has 2 aromatic rings. The lowest BCUT2D eigenvalue weighted by Gasteiger charge is -2.37. The lowest BCUT2D eigenvalue weighted by atomic mass is 9.71. The molecule has 1 heteroatoms. The number of hydrogen-bond acceptors (Lipinski definition) is 1. The number of hydrogen-bond donors (Lipinski definition) is 0. The summed E-state index contributed by atoms with van der Waals surface area (Å²) in [6.45, 7) is 7.06. The van der Waals surface area contributed by atoms with E-state index in [0.29, 0.717) is 11.5 Å². The second-order valence-electron chi connectivity index (χ2n) is 7.40. The van der Waals surface area contributed by atoms with Crippen molar-refractivity contribution in [3.05, 3.63) is 42.5 Å². The monoisotopic (exact) mass is 281 g/mol. The molecular formula is C20H25O. The van der Waals surface area contributed by atoms with Gasteiger partial charge in [-0.25, -0.2) is 0 Å². The van der Waals surface area contributed by atoms with Gasteiger partial charge in [-0.1, -0.05) is 39.0 Å². The molecule has 0 saturated heterocycles. The van der Waals surface area contributed by atoms with Crippen LogP contribution in [0.1, 0.15) is 46.5 Å². The Morgan fingerprint density at radius 3 is 2.76 bits per heavy atom. The van der Waals surface area contributed by atoms with Crippen molar-refractivity contribution in [1.82, 2.24) is 0 Å². The van der Waals surface area contributed by atoms with Crippen molar-refractivity contribution >= 4 is 10.8 Å². The summed E-state index contributed by atoms with van der Waals surface area (Å²) in [6, 6.07) is 15.6. The van der Waals surface area contributed by atoms with Crippen LogP contribution < -0.4 is 4.74 Å². The second-order valence-corrected chi connectivity index (χ2v) is 7.40. The first kappa shape index (κ1) is 14.4. The Balaban J connectivity index is 1.72. The van der Waals surface area contributed by atoms with Gasteiger partial charge in [-0.15, -0.1) is 0 Å². The maximum Gasteiger partial charge on any atom is 0.120 e. The first-order valence-electron chi connectivity index (χ1n) is 8.09. The van der Waals surface area contributed by atoms with Gasteiger partial charge in [0.1, 0.15) is 5.75 Å². The molecule has 1 radical (unpaired) electrons. The molecule has 2 unspecified atom stereocenters. The molecular weight excluding hydrogens is 256 g/mol. The van der Waals surface area contributed by atoms with Crippen LogP contribution in [0.2, 0.25) is 0 Å². The zero-order valence-corrected chi connectivity index (χ0v) is 13.4. The first-order chi connectivity index (χ1) is 10.0. The molecule has 0 bridgehead atoms. The highest BCUT2D eigenvalue weighted by Crippen LogP contribution is 2.39. The number of benzene rings is 2. The Bertz CT molecular complexity index is 609. The van der Waals surface area contributed by atoms with E-state index in [1.54, 1.807) is 0 Å². The normalized spacial score (nSPS) is 23.2. The summed E-state index contributed by atoms with van der Waals surface area (Å²) in [5, 5.41) is 2.45. The van der Waals surface area contributed by atoms with Crippen molar-refractivity contribution in [2.75, 3.05) is 0 Å². The summed E-state index contributed by atoms with van der Waals surface area (Å²) in [5.41, 5.74) is 0.390. The molecule has 2 aromatic carbocycles. The lowest BCUT2D eigenvalue weighted by Crippen LogP contribution is -2.32. The number of rotatable bonds is 2. The van der Waals surface area contributed by atoms with Crippen LogP contribution in [0.3, 0.4) is 0 Å². The van der Waals surface area contributed by atoms with E-state index < -0.39 is 0 Å². The fourth-order valence-electron chi connectivity index (χ4n) is 3.41. The Hall–Kier alpha value is -1.50. The van der Waals surface area contributed by atoms with E-state index in [-0.39, 0.29) is 0 Å². The van der Waals surface area contributed by atoms with Crippen molar-refractivity contribution in [2.45, 2.75) is 52.6 Å². The van der Waals surface area contributed by atoms with E-state index in [4.69, 9.17) is 4.74 Å². The van der Waals surface area contributed by atoms with Crippen molar-refractivity contribution < 1.29 is 4.74 Å². The molecule has 1 aliphatic rings. The van der Waals surface area contributed by atoms with Crippen molar-refractivity contribution in [3.8, 4) is 5.75 Å². The maximum atomic E-state index is 6.28. The third-order valence-corrected chi connectivity index (χ3v) is 4.81. The molecule has 0 spiro atoms. The SMILES string of the molecule is CC(C)(C)C1CCCC(Oc2ccc3c[c]ccc3c2)C1. The van der Waals surface area contributed by atoms with E-state index >= 15 is 0 Å². The second kappa shape index (κ2) is 5.71. The van der Waals surface area contributed by atoms with Gasteiger partial charge in [0, 0.05) is 0 Å². The molecule has 1 aliphatic carbocycles. The highest BCUT2D eigenvalue weighted by molar-refractivity contribution is 5.83. The maximum absolute atomic E-state index is 6.28. The summed E-state index contributed by atoms with van der Waals surface area (Å²) in [4.78, 5) is 0. The van der Waals surface area contributed by atoms with Gasteiger partial charge in [-0.3, -0.25) is 0 Å². The van der Waals surface area contributed by atoms with Gasteiger partial charge in [0.2, 0.25) is 0 Å². The molecule has 21 heavy (non-hydrogen) atoms. The zero-order chi connectivity index (χ0) is 14.9. The summed E-state index contributed by atoms with van der Waals surface area (Å²) in [5.74, 6) is 1.78. The van der Waals surface area contributed by atoms with Gasteiger partial charge in [0.05, 0.1) is 6.10 Å². The Labute approximate surface area is 128 Å². The number of ether oxygens (including phenoxy) is 1. The third kappa shape index (κ3) is 3.40. The van der Waals surface area contributed by atoms with Gasteiger partial charge in [0.25, 0.3) is 0 Å². The average molecular weight is 281 g/mol. The fraction of sp³-hybridized carbons (Fsp3) is 0.500. The van der Waals surface area contributed by atoms with Gasteiger partial charge in [-0.2, -0.15) is 0 Å². The smallest absolute Gasteiger partial charge is 0.120 e. The van der Waals surface area contributed by atoms with Crippen molar-refractivity contribution in [1.29, 1.82) is 0 Å². The lowest BCUT2D eigenvalue weighted by molar-refractivity contribution is 0.0747. The predicted molar refractivity (Wildman–Crippen MR) is 88.6 cm³/mol. The van der Waals surface area contributed by atoms with E-state index in [9.17, 15) is 0 Å². The van der Waals surface area contributed by atoms with E-state index in [2.05, 4.69) is 51.1 Å². The van der Waals surface area contributed by atoms with Crippen LogP contribution in [0, 0.1) is 17.4 Å².